The lowest BCUT2D eigenvalue weighted by atomic mass is 10.3. The van der Waals surface area contributed by atoms with Crippen LogP contribution in [0.5, 0.6) is 0 Å². The average Bonchev–Trinajstić information content (AvgIpc) is 2.50. The second kappa shape index (κ2) is 7.87. The number of benzene rings is 2. The quantitative estimate of drug-likeness (QED) is 0.712. The molecule has 24 heavy (non-hydrogen) atoms. The van der Waals surface area contributed by atoms with E-state index in [1.165, 1.54) is 17.8 Å². The maximum absolute atomic E-state index is 13.3. The van der Waals surface area contributed by atoms with Crippen molar-refractivity contribution >= 4 is 45.0 Å². The molecule has 0 bridgehead atoms. The Morgan fingerprint density at radius 2 is 1.96 bits per heavy atom. The van der Waals surface area contributed by atoms with Crippen molar-refractivity contribution in [2.45, 2.75) is 16.2 Å². The molecule has 1 amide bonds. The molecule has 0 atom stereocenters. The van der Waals surface area contributed by atoms with Crippen LogP contribution >= 0.6 is 23.4 Å². The molecule has 0 aliphatic carbocycles. The average molecular weight is 389 g/mol. The zero-order valence-electron chi connectivity index (χ0n) is 12.3. The van der Waals surface area contributed by atoms with Crippen molar-refractivity contribution in [2.75, 3.05) is 10.5 Å². The Bertz CT molecular complexity index is 860. The van der Waals surface area contributed by atoms with Crippen LogP contribution in [0.4, 0.5) is 10.1 Å². The van der Waals surface area contributed by atoms with Gasteiger partial charge < -0.3 is 5.73 Å². The van der Waals surface area contributed by atoms with Crippen LogP contribution in [0.15, 0.2) is 52.3 Å². The van der Waals surface area contributed by atoms with E-state index >= 15 is 0 Å². The largest absolute Gasteiger partial charge is 0.370 e. The number of para-hydroxylation sites is 1. The van der Waals surface area contributed by atoms with Crippen LogP contribution in [0.2, 0.25) is 5.02 Å². The first-order valence-corrected chi connectivity index (χ1v) is 9.62. The summed E-state index contributed by atoms with van der Waals surface area (Å²) in [6, 6.07) is 9.78. The van der Waals surface area contributed by atoms with Gasteiger partial charge in [-0.25, -0.2) is 12.8 Å². The zero-order valence-corrected chi connectivity index (χ0v) is 14.7. The summed E-state index contributed by atoms with van der Waals surface area (Å²) >= 11 is 7.15. The number of hydrogen-bond donors (Lipinski definition) is 2. The summed E-state index contributed by atoms with van der Waals surface area (Å²) in [5, 5.41) is -0.0808. The maximum Gasteiger partial charge on any atom is 0.263 e. The molecule has 2 aromatic carbocycles. The van der Waals surface area contributed by atoms with E-state index in [9.17, 15) is 17.6 Å². The zero-order chi connectivity index (χ0) is 17.7. The Labute approximate surface area is 148 Å². The Kier molecular flexibility index (Phi) is 6.09. The molecule has 0 saturated carbocycles. The monoisotopic (exact) mass is 388 g/mol. The first kappa shape index (κ1) is 18.6. The van der Waals surface area contributed by atoms with Crippen molar-refractivity contribution in [3.05, 3.63) is 53.3 Å². The summed E-state index contributed by atoms with van der Waals surface area (Å²) in [6.07, 6.45) is 0.168. The number of halogens is 2. The van der Waals surface area contributed by atoms with Gasteiger partial charge in [-0.05, 0) is 30.3 Å². The lowest BCUT2D eigenvalue weighted by Gasteiger charge is -2.13. The molecule has 0 saturated heterocycles. The number of amides is 1. The number of nitrogens with one attached hydrogen (secondary N) is 1. The Morgan fingerprint density at radius 1 is 1.25 bits per heavy atom. The second-order valence-electron chi connectivity index (χ2n) is 4.74. The van der Waals surface area contributed by atoms with Crippen molar-refractivity contribution in [3.63, 3.8) is 0 Å². The van der Waals surface area contributed by atoms with Crippen LogP contribution < -0.4 is 10.5 Å². The SMILES string of the molecule is NC(=O)CCSc1ccccc1NS(=O)(=O)c1cc(F)ccc1Cl. The molecule has 0 fully saturated rings. The minimum absolute atomic E-state index is 0.0808. The normalized spacial score (nSPS) is 11.2. The van der Waals surface area contributed by atoms with E-state index in [2.05, 4.69) is 4.72 Å². The third-order valence-electron chi connectivity index (χ3n) is 2.92. The molecule has 0 radical (unpaired) electrons. The lowest BCUT2D eigenvalue weighted by molar-refractivity contribution is -0.117. The fraction of sp³-hybridized carbons (Fsp3) is 0.133. The van der Waals surface area contributed by atoms with Gasteiger partial charge in [0.15, 0.2) is 0 Å². The maximum atomic E-state index is 13.3. The van der Waals surface area contributed by atoms with Crippen LogP contribution in [0.25, 0.3) is 0 Å². The highest BCUT2D eigenvalue weighted by Gasteiger charge is 2.20. The number of hydrogen-bond acceptors (Lipinski definition) is 4. The molecule has 0 aromatic heterocycles. The summed E-state index contributed by atoms with van der Waals surface area (Å²) in [5.41, 5.74) is 5.40. The molecule has 2 rings (SSSR count). The third-order valence-corrected chi connectivity index (χ3v) is 5.84. The minimum atomic E-state index is -4.06. The highest BCUT2D eigenvalue weighted by Crippen LogP contribution is 2.31. The third kappa shape index (κ3) is 4.86. The molecule has 0 unspecified atom stereocenters. The van der Waals surface area contributed by atoms with Crippen molar-refractivity contribution < 1.29 is 17.6 Å². The van der Waals surface area contributed by atoms with Crippen molar-refractivity contribution in [1.29, 1.82) is 0 Å². The number of carbonyl (C=O) groups excluding carboxylic acids is 1. The van der Waals surface area contributed by atoms with Crippen LogP contribution in [0.1, 0.15) is 6.42 Å². The molecule has 9 heteroatoms. The number of nitrogens with two attached hydrogens (primary N) is 1. The molecule has 0 aliphatic rings. The predicted molar refractivity (Wildman–Crippen MR) is 93.2 cm³/mol. The van der Waals surface area contributed by atoms with E-state index in [4.69, 9.17) is 17.3 Å². The minimum Gasteiger partial charge on any atom is -0.370 e. The number of sulfonamides is 1. The topological polar surface area (TPSA) is 89.3 Å². The summed E-state index contributed by atoms with van der Waals surface area (Å²) in [5.74, 6) is -0.731. The van der Waals surface area contributed by atoms with E-state index in [0.29, 0.717) is 16.3 Å². The first-order chi connectivity index (χ1) is 11.3. The summed E-state index contributed by atoms with van der Waals surface area (Å²) < 4.78 is 40.7. The van der Waals surface area contributed by atoms with Gasteiger partial charge in [-0.15, -0.1) is 11.8 Å². The molecule has 3 N–H and O–H groups in total. The molecular weight excluding hydrogens is 375 g/mol. The number of rotatable bonds is 7. The van der Waals surface area contributed by atoms with Crippen molar-refractivity contribution in [1.82, 2.24) is 0 Å². The molecule has 0 heterocycles. The summed E-state index contributed by atoms with van der Waals surface area (Å²) in [6.45, 7) is 0. The van der Waals surface area contributed by atoms with Gasteiger partial charge in [-0.1, -0.05) is 23.7 Å². The number of thioether (sulfide) groups is 1. The summed E-state index contributed by atoms with van der Waals surface area (Å²) in [4.78, 5) is 11.1. The first-order valence-electron chi connectivity index (χ1n) is 6.77. The molecule has 0 spiro atoms. The van der Waals surface area contributed by atoms with E-state index in [1.54, 1.807) is 24.3 Å². The van der Waals surface area contributed by atoms with Gasteiger partial charge in [0.1, 0.15) is 10.7 Å². The molecule has 0 aliphatic heterocycles. The van der Waals surface area contributed by atoms with Crippen LogP contribution in [0, 0.1) is 5.82 Å². The highest BCUT2D eigenvalue weighted by atomic mass is 35.5. The number of primary amides is 1. The van der Waals surface area contributed by atoms with Crippen molar-refractivity contribution in [2.24, 2.45) is 5.73 Å². The van der Waals surface area contributed by atoms with E-state index < -0.39 is 21.7 Å². The number of carbonyl (C=O) groups is 1. The highest BCUT2D eigenvalue weighted by molar-refractivity contribution is 7.99. The fourth-order valence-corrected chi connectivity index (χ4v) is 4.45. The van der Waals surface area contributed by atoms with Gasteiger partial charge in [0.2, 0.25) is 5.91 Å². The molecule has 128 valence electrons. The smallest absolute Gasteiger partial charge is 0.263 e. The fourth-order valence-electron chi connectivity index (χ4n) is 1.82. The van der Waals surface area contributed by atoms with Crippen LogP contribution in [-0.4, -0.2) is 20.1 Å². The number of anilines is 1. The second-order valence-corrected chi connectivity index (χ2v) is 7.94. The van der Waals surface area contributed by atoms with Gasteiger partial charge in [0.25, 0.3) is 10.0 Å². The van der Waals surface area contributed by atoms with E-state index in [0.717, 1.165) is 12.1 Å². The van der Waals surface area contributed by atoms with Gasteiger partial charge in [0, 0.05) is 17.1 Å². The molecular formula is C15H14ClFN2O3S2. The van der Waals surface area contributed by atoms with E-state index in [1.807, 2.05) is 0 Å². The molecule has 5 nitrogen and oxygen atoms in total. The summed E-state index contributed by atoms with van der Waals surface area (Å²) in [7, 11) is -4.06. The van der Waals surface area contributed by atoms with Gasteiger partial charge >= 0.3 is 0 Å². The predicted octanol–water partition coefficient (Wildman–Crippen LogP) is 3.25. The van der Waals surface area contributed by atoms with Crippen LogP contribution in [0.3, 0.4) is 0 Å². The van der Waals surface area contributed by atoms with E-state index in [-0.39, 0.29) is 16.3 Å². The Balaban J connectivity index is 2.26. The van der Waals surface area contributed by atoms with Crippen LogP contribution in [-0.2, 0) is 14.8 Å². The van der Waals surface area contributed by atoms with Gasteiger partial charge in [0.05, 0.1) is 10.7 Å². The standard InChI is InChI=1S/C15H14ClFN2O3S2/c16-11-6-5-10(17)9-14(11)24(21,22)19-12-3-1-2-4-13(12)23-8-7-15(18)20/h1-6,9,19H,7-8H2,(H2,18,20). The van der Waals surface area contributed by atoms with Crippen molar-refractivity contribution in [3.8, 4) is 0 Å². The Hall–Kier alpha value is -1.77. The van der Waals surface area contributed by atoms with Gasteiger partial charge in [-0.2, -0.15) is 0 Å². The Morgan fingerprint density at radius 3 is 2.67 bits per heavy atom. The van der Waals surface area contributed by atoms with Gasteiger partial charge in [-0.3, -0.25) is 9.52 Å². The lowest BCUT2D eigenvalue weighted by Crippen LogP contribution is -2.14. The molecule has 2 aromatic rings.